The van der Waals surface area contributed by atoms with E-state index in [0.29, 0.717) is 0 Å². The standard InChI is InChI=1S/C9H11Br2NS/c1-2-3-4-7(12)8-5-6(10)9(11)13-8/h2,5,7H,1,3-4,12H2/t7-/m0/s1. The Morgan fingerprint density at radius 3 is 2.77 bits per heavy atom. The normalized spacial score (nSPS) is 12.8. The summed E-state index contributed by atoms with van der Waals surface area (Å²) in [6.07, 6.45) is 3.83. The Morgan fingerprint density at radius 2 is 2.31 bits per heavy atom. The first-order chi connectivity index (χ1) is 6.15. The fraction of sp³-hybridized carbons (Fsp3) is 0.333. The minimum absolute atomic E-state index is 0.130. The molecule has 0 radical (unpaired) electrons. The van der Waals surface area contributed by atoms with Gasteiger partial charge in [0.15, 0.2) is 0 Å². The van der Waals surface area contributed by atoms with Crippen LogP contribution in [0.2, 0.25) is 0 Å². The first-order valence-electron chi connectivity index (χ1n) is 3.96. The van der Waals surface area contributed by atoms with E-state index >= 15 is 0 Å². The zero-order valence-electron chi connectivity index (χ0n) is 7.09. The first kappa shape index (κ1) is 11.4. The average molecular weight is 325 g/mol. The van der Waals surface area contributed by atoms with E-state index in [1.807, 2.05) is 6.08 Å². The molecule has 72 valence electrons. The topological polar surface area (TPSA) is 26.0 Å². The molecule has 0 bridgehead atoms. The van der Waals surface area contributed by atoms with Crippen molar-refractivity contribution in [3.63, 3.8) is 0 Å². The van der Waals surface area contributed by atoms with Crippen LogP contribution in [0.25, 0.3) is 0 Å². The lowest BCUT2D eigenvalue weighted by Crippen LogP contribution is -2.07. The molecule has 0 saturated carbocycles. The van der Waals surface area contributed by atoms with Crippen molar-refractivity contribution in [2.75, 3.05) is 0 Å². The molecule has 1 nitrogen and oxygen atoms in total. The molecule has 0 aliphatic carbocycles. The highest BCUT2D eigenvalue weighted by atomic mass is 79.9. The lowest BCUT2D eigenvalue weighted by Gasteiger charge is -2.06. The average Bonchev–Trinajstić information content (AvgIpc) is 2.43. The summed E-state index contributed by atoms with van der Waals surface area (Å²) in [5, 5.41) is 0. The van der Waals surface area contributed by atoms with Gasteiger partial charge in [0.25, 0.3) is 0 Å². The molecular formula is C9H11Br2NS. The number of hydrogen-bond acceptors (Lipinski definition) is 2. The first-order valence-corrected chi connectivity index (χ1v) is 6.36. The van der Waals surface area contributed by atoms with Crippen molar-refractivity contribution in [2.24, 2.45) is 5.73 Å². The van der Waals surface area contributed by atoms with Gasteiger partial charge in [0.05, 0.1) is 3.79 Å². The molecule has 0 amide bonds. The van der Waals surface area contributed by atoms with Crippen LogP contribution in [0.4, 0.5) is 0 Å². The van der Waals surface area contributed by atoms with Crippen LogP contribution in [0.1, 0.15) is 23.8 Å². The van der Waals surface area contributed by atoms with Gasteiger partial charge in [-0.05, 0) is 50.8 Å². The van der Waals surface area contributed by atoms with E-state index in [1.165, 1.54) is 4.88 Å². The van der Waals surface area contributed by atoms with Gasteiger partial charge in [-0.1, -0.05) is 6.08 Å². The molecule has 0 saturated heterocycles. The molecule has 1 aromatic heterocycles. The van der Waals surface area contributed by atoms with Crippen LogP contribution in [-0.2, 0) is 0 Å². The van der Waals surface area contributed by atoms with Crippen molar-refractivity contribution in [1.29, 1.82) is 0 Å². The summed E-state index contributed by atoms with van der Waals surface area (Å²) in [5.74, 6) is 0. The van der Waals surface area contributed by atoms with Crippen LogP contribution in [0, 0.1) is 0 Å². The van der Waals surface area contributed by atoms with Crippen molar-refractivity contribution in [3.05, 3.63) is 31.9 Å². The molecular weight excluding hydrogens is 314 g/mol. The van der Waals surface area contributed by atoms with Gasteiger partial charge < -0.3 is 5.73 Å². The van der Waals surface area contributed by atoms with Crippen LogP contribution in [-0.4, -0.2) is 0 Å². The lowest BCUT2D eigenvalue weighted by molar-refractivity contribution is 0.672. The fourth-order valence-corrected chi connectivity index (χ4v) is 3.11. The van der Waals surface area contributed by atoms with Crippen LogP contribution in [0.3, 0.4) is 0 Å². The Labute approximate surface area is 99.3 Å². The third-order valence-corrected chi connectivity index (χ3v) is 5.10. The summed E-state index contributed by atoms with van der Waals surface area (Å²) in [7, 11) is 0. The van der Waals surface area contributed by atoms with Crippen molar-refractivity contribution in [3.8, 4) is 0 Å². The fourth-order valence-electron chi connectivity index (χ4n) is 0.986. The van der Waals surface area contributed by atoms with Crippen LogP contribution >= 0.6 is 43.2 Å². The van der Waals surface area contributed by atoms with Crippen molar-refractivity contribution in [1.82, 2.24) is 0 Å². The van der Waals surface area contributed by atoms with Gasteiger partial charge in [0, 0.05) is 15.4 Å². The summed E-state index contributed by atoms with van der Waals surface area (Å²) in [4.78, 5) is 1.21. The maximum Gasteiger partial charge on any atom is 0.0843 e. The van der Waals surface area contributed by atoms with E-state index in [4.69, 9.17) is 5.73 Å². The van der Waals surface area contributed by atoms with Gasteiger partial charge in [-0.3, -0.25) is 0 Å². The number of hydrogen-bond donors (Lipinski definition) is 1. The molecule has 0 aliphatic heterocycles. The summed E-state index contributed by atoms with van der Waals surface area (Å²) in [6, 6.07) is 2.20. The number of allylic oxidation sites excluding steroid dienone is 1. The van der Waals surface area contributed by atoms with Crippen molar-refractivity contribution < 1.29 is 0 Å². The Morgan fingerprint density at radius 1 is 1.62 bits per heavy atom. The third kappa shape index (κ3) is 3.20. The molecule has 0 aliphatic rings. The lowest BCUT2D eigenvalue weighted by atomic mass is 10.1. The van der Waals surface area contributed by atoms with Gasteiger partial charge in [-0.2, -0.15) is 0 Å². The molecule has 0 aromatic carbocycles. The van der Waals surface area contributed by atoms with Crippen LogP contribution in [0.5, 0.6) is 0 Å². The third-order valence-electron chi connectivity index (χ3n) is 1.71. The molecule has 1 rings (SSSR count). The predicted molar refractivity (Wildman–Crippen MR) is 66.1 cm³/mol. The summed E-state index contributed by atoms with van der Waals surface area (Å²) < 4.78 is 2.19. The number of halogens is 2. The minimum Gasteiger partial charge on any atom is -0.323 e. The quantitative estimate of drug-likeness (QED) is 0.824. The van der Waals surface area contributed by atoms with E-state index in [1.54, 1.807) is 11.3 Å². The van der Waals surface area contributed by atoms with E-state index in [2.05, 4.69) is 44.5 Å². The Bertz CT molecular complexity index is 276. The van der Waals surface area contributed by atoms with Crippen LogP contribution in [0.15, 0.2) is 27.0 Å². The summed E-state index contributed by atoms with van der Waals surface area (Å²) in [6.45, 7) is 3.68. The van der Waals surface area contributed by atoms with Gasteiger partial charge >= 0.3 is 0 Å². The number of thiophene rings is 1. The summed E-state index contributed by atoms with van der Waals surface area (Å²) >= 11 is 8.57. The van der Waals surface area contributed by atoms with Gasteiger partial charge in [0.2, 0.25) is 0 Å². The van der Waals surface area contributed by atoms with E-state index in [-0.39, 0.29) is 6.04 Å². The molecule has 1 aromatic rings. The Hall–Kier alpha value is 0.360. The Balaban J connectivity index is 2.65. The van der Waals surface area contributed by atoms with Crippen molar-refractivity contribution >= 4 is 43.2 Å². The van der Waals surface area contributed by atoms with Crippen molar-refractivity contribution in [2.45, 2.75) is 18.9 Å². The highest BCUT2D eigenvalue weighted by molar-refractivity contribution is 9.13. The van der Waals surface area contributed by atoms with E-state index in [0.717, 1.165) is 21.1 Å². The van der Waals surface area contributed by atoms with Crippen LogP contribution < -0.4 is 5.73 Å². The summed E-state index contributed by atoms with van der Waals surface area (Å²) in [5.41, 5.74) is 5.98. The van der Waals surface area contributed by atoms with Gasteiger partial charge in [-0.15, -0.1) is 17.9 Å². The van der Waals surface area contributed by atoms with Gasteiger partial charge in [-0.25, -0.2) is 0 Å². The van der Waals surface area contributed by atoms with E-state index in [9.17, 15) is 0 Å². The highest BCUT2D eigenvalue weighted by Gasteiger charge is 2.10. The molecule has 0 spiro atoms. The second kappa shape index (κ2) is 5.29. The smallest absolute Gasteiger partial charge is 0.0843 e. The minimum atomic E-state index is 0.130. The second-order valence-corrected chi connectivity index (χ2v) is 6.00. The molecule has 1 atom stereocenters. The highest BCUT2D eigenvalue weighted by Crippen LogP contribution is 2.35. The zero-order valence-corrected chi connectivity index (χ0v) is 11.1. The molecule has 13 heavy (non-hydrogen) atoms. The Kier molecular flexibility index (Phi) is 4.66. The maximum atomic E-state index is 5.98. The number of rotatable bonds is 4. The predicted octanol–water partition coefficient (Wildman–Crippen LogP) is 4.24. The molecule has 2 N–H and O–H groups in total. The van der Waals surface area contributed by atoms with Gasteiger partial charge in [0.1, 0.15) is 0 Å². The molecule has 0 fully saturated rings. The largest absolute Gasteiger partial charge is 0.323 e. The molecule has 0 unspecified atom stereocenters. The maximum absolute atomic E-state index is 5.98. The SMILES string of the molecule is C=CCC[C@H](N)c1cc(Br)c(Br)s1. The second-order valence-electron chi connectivity index (χ2n) is 2.74. The zero-order chi connectivity index (χ0) is 9.84. The number of nitrogens with two attached hydrogens (primary N) is 1. The molecule has 4 heteroatoms. The van der Waals surface area contributed by atoms with E-state index < -0.39 is 0 Å². The molecule has 1 heterocycles. The monoisotopic (exact) mass is 323 g/mol.